The van der Waals surface area contributed by atoms with Crippen LogP contribution in [-0.2, 0) is 16.1 Å². The molecule has 1 fully saturated rings. The molecule has 0 bridgehead atoms. The zero-order chi connectivity index (χ0) is 25.8. The molecule has 2 unspecified atom stereocenters. The van der Waals surface area contributed by atoms with Crippen molar-refractivity contribution in [2.45, 2.75) is 45.5 Å². The number of carbonyl (C=O) groups is 3. The first-order chi connectivity index (χ1) is 17.2. The number of hydrogen-bond acceptors (Lipinski definition) is 4. The maximum atomic E-state index is 13.2. The molecule has 2 atom stereocenters. The number of carbonyl (C=O) groups excluding carboxylic acids is 3. The molecule has 2 N–H and O–H groups in total. The molecule has 186 valence electrons. The second kappa shape index (κ2) is 10.8. The first-order valence-electron chi connectivity index (χ1n) is 11.7. The Hall–Kier alpha value is -3.84. The van der Waals surface area contributed by atoms with Crippen LogP contribution in [-0.4, -0.2) is 34.9 Å². The number of nitrogens with one attached hydrogen (secondary N) is 2. The predicted molar refractivity (Wildman–Crippen MR) is 139 cm³/mol. The summed E-state index contributed by atoms with van der Waals surface area (Å²) in [5.74, 6) is -0.581. The van der Waals surface area contributed by atoms with Gasteiger partial charge in [-0.25, -0.2) is 4.79 Å². The van der Waals surface area contributed by atoms with Crippen LogP contribution >= 0.6 is 11.6 Å². The first-order valence-corrected chi connectivity index (χ1v) is 12.1. The number of cyclic esters (lactones) is 1. The van der Waals surface area contributed by atoms with Gasteiger partial charge in [-0.05, 0) is 62.2 Å². The van der Waals surface area contributed by atoms with E-state index in [1.165, 1.54) is 4.90 Å². The minimum Gasteiger partial charge on any atom is -0.438 e. The maximum Gasteiger partial charge on any atom is 0.411 e. The number of rotatable bonds is 7. The summed E-state index contributed by atoms with van der Waals surface area (Å²) < 4.78 is 5.70. The zero-order valence-corrected chi connectivity index (χ0v) is 21.1. The van der Waals surface area contributed by atoms with Crippen LogP contribution < -0.4 is 10.6 Å². The zero-order valence-electron chi connectivity index (χ0n) is 20.3. The lowest BCUT2D eigenvalue weighted by Gasteiger charge is -2.25. The normalized spacial score (nSPS) is 17.1. The Kier molecular flexibility index (Phi) is 7.60. The van der Waals surface area contributed by atoms with Crippen molar-refractivity contribution < 1.29 is 19.1 Å². The monoisotopic (exact) mass is 505 g/mol. The Balaban J connectivity index is 1.55. The quantitative estimate of drug-likeness (QED) is 0.444. The third kappa shape index (κ3) is 5.86. The smallest absolute Gasteiger partial charge is 0.411 e. The summed E-state index contributed by atoms with van der Waals surface area (Å²) >= 11 is 5.98. The van der Waals surface area contributed by atoms with Crippen molar-refractivity contribution in [3.63, 3.8) is 0 Å². The summed E-state index contributed by atoms with van der Waals surface area (Å²) in [6.07, 6.45) is -1.35. The molecule has 0 saturated carbocycles. The van der Waals surface area contributed by atoms with Crippen LogP contribution in [0, 0.1) is 6.92 Å². The van der Waals surface area contributed by atoms with E-state index in [4.69, 9.17) is 16.3 Å². The number of halogens is 1. The van der Waals surface area contributed by atoms with Gasteiger partial charge in [0.15, 0.2) is 12.1 Å². The lowest BCUT2D eigenvalue weighted by molar-refractivity contribution is -0.126. The molecule has 1 aliphatic heterocycles. The average Bonchev–Trinajstić information content (AvgIpc) is 3.16. The number of benzene rings is 3. The minimum atomic E-state index is -0.840. The summed E-state index contributed by atoms with van der Waals surface area (Å²) in [6, 6.07) is 20.5. The van der Waals surface area contributed by atoms with E-state index in [9.17, 15) is 14.4 Å². The van der Waals surface area contributed by atoms with Crippen LogP contribution in [0.25, 0.3) is 0 Å². The van der Waals surface area contributed by atoms with Gasteiger partial charge < -0.3 is 15.4 Å². The van der Waals surface area contributed by atoms with Crippen LogP contribution in [0.3, 0.4) is 0 Å². The molecule has 3 aromatic rings. The molecule has 1 saturated heterocycles. The van der Waals surface area contributed by atoms with E-state index >= 15 is 0 Å². The SMILES string of the molecule is Cc1ccc(CN2C(=O)OC(c3ccc(NC(=O)c4cccc(Cl)c4)cc3)C2C(=O)NC(C)C)cc1. The lowest BCUT2D eigenvalue weighted by Crippen LogP contribution is -2.48. The van der Waals surface area contributed by atoms with Crippen molar-refractivity contribution in [2.75, 3.05) is 5.32 Å². The van der Waals surface area contributed by atoms with Crippen molar-refractivity contribution >= 4 is 35.2 Å². The fourth-order valence-electron chi connectivity index (χ4n) is 4.06. The van der Waals surface area contributed by atoms with E-state index < -0.39 is 18.2 Å². The van der Waals surface area contributed by atoms with Gasteiger partial charge in [0.1, 0.15) is 0 Å². The number of anilines is 1. The number of hydrogen-bond donors (Lipinski definition) is 2. The Morgan fingerprint density at radius 3 is 2.36 bits per heavy atom. The predicted octanol–water partition coefficient (Wildman–Crippen LogP) is 5.49. The topological polar surface area (TPSA) is 87.7 Å². The summed E-state index contributed by atoms with van der Waals surface area (Å²) in [4.78, 5) is 40.1. The van der Waals surface area contributed by atoms with Gasteiger partial charge in [0.25, 0.3) is 5.91 Å². The van der Waals surface area contributed by atoms with Crippen molar-refractivity contribution in [3.05, 3.63) is 100 Å². The van der Waals surface area contributed by atoms with Gasteiger partial charge in [0, 0.05) is 22.3 Å². The largest absolute Gasteiger partial charge is 0.438 e. The highest BCUT2D eigenvalue weighted by molar-refractivity contribution is 6.31. The molecule has 3 aromatic carbocycles. The average molecular weight is 506 g/mol. The highest BCUT2D eigenvalue weighted by Crippen LogP contribution is 2.34. The van der Waals surface area contributed by atoms with Gasteiger partial charge in [-0.15, -0.1) is 0 Å². The van der Waals surface area contributed by atoms with E-state index in [1.807, 2.05) is 45.0 Å². The molecule has 1 heterocycles. The van der Waals surface area contributed by atoms with Crippen molar-refractivity contribution in [3.8, 4) is 0 Å². The minimum absolute atomic E-state index is 0.0980. The first kappa shape index (κ1) is 25.3. The van der Waals surface area contributed by atoms with Gasteiger partial charge >= 0.3 is 6.09 Å². The van der Waals surface area contributed by atoms with Crippen LogP contribution in [0.5, 0.6) is 0 Å². The second-order valence-corrected chi connectivity index (χ2v) is 9.55. The molecule has 0 spiro atoms. The fourth-order valence-corrected chi connectivity index (χ4v) is 4.25. The molecule has 7 nitrogen and oxygen atoms in total. The highest BCUT2D eigenvalue weighted by Gasteiger charge is 2.47. The van der Waals surface area contributed by atoms with E-state index in [2.05, 4.69) is 10.6 Å². The Morgan fingerprint density at radius 2 is 1.72 bits per heavy atom. The van der Waals surface area contributed by atoms with E-state index in [1.54, 1.807) is 48.5 Å². The molecule has 8 heteroatoms. The summed E-state index contributed by atoms with van der Waals surface area (Å²) in [5, 5.41) is 6.21. The van der Waals surface area contributed by atoms with E-state index in [0.29, 0.717) is 21.8 Å². The maximum absolute atomic E-state index is 13.2. The van der Waals surface area contributed by atoms with Crippen molar-refractivity contribution in [1.82, 2.24) is 10.2 Å². The number of aryl methyl sites for hydroxylation is 1. The molecule has 4 rings (SSSR count). The van der Waals surface area contributed by atoms with Crippen LogP contribution in [0.1, 0.15) is 47.0 Å². The molecule has 0 radical (unpaired) electrons. The molecule has 0 aromatic heterocycles. The van der Waals surface area contributed by atoms with Gasteiger partial charge in [0.05, 0.1) is 6.54 Å². The highest BCUT2D eigenvalue weighted by atomic mass is 35.5. The molecular formula is C28H28ClN3O4. The number of nitrogens with zero attached hydrogens (tertiary/aromatic N) is 1. The summed E-state index contributed by atoms with van der Waals surface area (Å²) in [7, 11) is 0. The summed E-state index contributed by atoms with van der Waals surface area (Å²) in [5.41, 5.74) is 3.66. The van der Waals surface area contributed by atoms with Crippen molar-refractivity contribution in [2.24, 2.45) is 0 Å². The Labute approximate surface area is 215 Å². The van der Waals surface area contributed by atoms with E-state index in [0.717, 1.165) is 11.1 Å². The third-order valence-corrected chi connectivity index (χ3v) is 6.08. The summed E-state index contributed by atoms with van der Waals surface area (Å²) in [6.45, 7) is 5.97. The van der Waals surface area contributed by atoms with Crippen LogP contribution in [0.2, 0.25) is 5.02 Å². The number of amides is 3. The molecular weight excluding hydrogens is 478 g/mol. The molecule has 3 amide bonds. The Bertz CT molecular complexity index is 1260. The standard InChI is InChI=1S/C28H28ClN3O4/c1-17(2)30-27(34)24-25(36-28(35)32(24)16-19-9-7-18(3)8-10-19)20-11-13-23(14-12-20)31-26(33)21-5-4-6-22(29)15-21/h4-15,17,24-25H,16H2,1-3H3,(H,30,34)(H,31,33). The van der Waals surface area contributed by atoms with Crippen LogP contribution in [0.4, 0.5) is 10.5 Å². The van der Waals surface area contributed by atoms with Gasteiger partial charge in [-0.3, -0.25) is 14.5 Å². The fraction of sp³-hybridized carbons (Fsp3) is 0.250. The third-order valence-electron chi connectivity index (χ3n) is 5.84. The van der Waals surface area contributed by atoms with Gasteiger partial charge in [-0.1, -0.05) is 59.6 Å². The van der Waals surface area contributed by atoms with Crippen molar-refractivity contribution in [1.29, 1.82) is 0 Å². The molecule has 36 heavy (non-hydrogen) atoms. The van der Waals surface area contributed by atoms with Gasteiger partial charge in [-0.2, -0.15) is 0 Å². The lowest BCUT2D eigenvalue weighted by atomic mass is 10.00. The van der Waals surface area contributed by atoms with Gasteiger partial charge in [0.2, 0.25) is 5.91 Å². The van der Waals surface area contributed by atoms with E-state index in [-0.39, 0.29) is 24.4 Å². The Morgan fingerprint density at radius 1 is 1.03 bits per heavy atom. The number of ether oxygens (including phenoxy) is 1. The second-order valence-electron chi connectivity index (χ2n) is 9.11. The van der Waals surface area contributed by atoms with Crippen LogP contribution in [0.15, 0.2) is 72.8 Å². The molecule has 1 aliphatic rings. The molecule has 0 aliphatic carbocycles.